The van der Waals surface area contributed by atoms with Gasteiger partial charge in [-0.1, -0.05) is 43.9 Å². The van der Waals surface area contributed by atoms with Gasteiger partial charge in [0.2, 0.25) is 5.91 Å². The minimum Gasteiger partial charge on any atom is -0.343 e. The van der Waals surface area contributed by atoms with Gasteiger partial charge in [-0.25, -0.2) is 8.42 Å². The van der Waals surface area contributed by atoms with Crippen molar-refractivity contribution in [1.29, 1.82) is 0 Å². The summed E-state index contributed by atoms with van der Waals surface area (Å²) in [6, 6.07) is 0.437. The molecule has 3 saturated carbocycles. The Hall–Kier alpha value is -0.560. The first-order valence-electron chi connectivity index (χ1n) is 10.8. The summed E-state index contributed by atoms with van der Waals surface area (Å²) in [5.41, 5.74) is 0. The van der Waals surface area contributed by atoms with Gasteiger partial charge >= 0.3 is 0 Å². The number of carbonyl (C=O) groups is 1. The van der Waals surface area contributed by atoms with Crippen LogP contribution in [0.3, 0.4) is 0 Å². The average molecular weight is 411 g/mol. The normalized spacial score (nSPS) is 41.7. The van der Waals surface area contributed by atoms with Gasteiger partial charge in [0, 0.05) is 17.7 Å². The Kier molecular flexibility index (Phi) is 4.82. The lowest BCUT2D eigenvalue weighted by molar-refractivity contribution is -0.118. The van der Waals surface area contributed by atoms with E-state index in [0.717, 1.165) is 23.9 Å². The number of thioether (sulfide) groups is 1. The summed E-state index contributed by atoms with van der Waals surface area (Å²) in [6.45, 7) is 0. The Balaban J connectivity index is 1.33. The summed E-state index contributed by atoms with van der Waals surface area (Å²) in [5, 5.41) is 0.907. The van der Waals surface area contributed by atoms with Gasteiger partial charge in [-0.3, -0.25) is 4.79 Å². The fraction of sp³-hybridized carbons (Fsp3) is 0.900. The molecule has 0 unspecified atom stereocenters. The number of nitrogens with zero attached hydrogens (tertiary/aromatic N) is 2. The molecule has 0 radical (unpaired) electrons. The van der Waals surface area contributed by atoms with Gasteiger partial charge < -0.3 is 4.90 Å². The highest BCUT2D eigenvalue weighted by molar-refractivity contribution is 8.15. The molecule has 150 valence electrons. The van der Waals surface area contributed by atoms with Crippen LogP contribution in [0.2, 0.25) is 0 Å². The molecule has 5 rings (SSSR count). The van der Waals surface area contributed by atoms with E-state index >= 15 is 0 Å². The van der Waals surface area contributed by atoms with Crippen molar-refractivity contribution >= 4 is 32.7 Å². The third-order valence-corrected chi connectivity index (χ3v) is 10.9. The van der Waals surface area contributed by atoms with Crippen LogP contribution in [0.25, 0.3) is 0 Å². The monoisotopic (exact) mass is 410 g/mol. The third kappa shape index (κ3) is 3.59. The van der Waals surface area contributed by atoms with E-state index in [9.17, 15) is 13.2 Å². The first kappa shape index (κ1) is 18.5. The van der Waals surface area contributed by atoms with Gasteiger partial charge in [0.25, 0.3) is 0 Å². The van der Waals surface area contributed by atoms with E-state index in [1.165, 1.54) is 44.9 Å². The summed E-state index contributed by atoms with van der Waals surface area (Å²) in [6.07, 6.45) is 11.7. The van der Waals surface area contributed by atoms with Crippen molar-refractivity contribution in [2.24, 2.45) is 22.7 Å². The SMILES string of the molecule is O=C(CCC1CCCC1)N=C1S[C@@H]2CS(=O)(=O)C[C@@H]2N1[C@H]1C[C@H]2CC[C@H]1C2. The summed E-state index contributed by atoms with van der Waals surface area (Å²) in [5.74, 6) is 2.65. The van der Waals surface area contributed by atoms with E-state index < -0.39 is 9.84 Å². The number of amides is 1. The second-order valence-corrected chi connectivity index (χ2v) is 12.8. The highest BCUT2D eigenvalue weighted by atomic mass is 32.2. The fourth-order valence-electron chi connectivity index (χ4n) is 6.32. The molecule has 5 atom stereocenters. The van der Waals surface area contributed by atoms with Gasteiger partial charge in [-0.2, -0.15) is 4.99 Å². The van der Waals surface area contributed by atoms with E-state index in [1.807, 2.05) is 0 Å². The zero-order valence-electron chi connectivity index (χ0n) is 15.9. The minimum absolute atomic E-state index is 0.000358. The number of hydrogen-bond donors (Lipinski definition) is 0. The van der Waals surface area contributed by atoms with E-state index in [4.69, 9.17) is 0 Å². The maximum atomic E-state index is 12.6. The summed E-state index contributed by atoms with van der Waals surface area (Å²) < 4.78 is 24.4. The molecular formula is C20H30N2O3S2. The van der Waals surface area contributed by atoms with Gasteiger partial charge in [-0.05, 0) is 43.4 Å². The Labute approximate surface area is 166 Å². The molecule has 5 nitrogen and oxygen atoms in total. The first-order chi connectivity index (χ1) is 13.0. The fourth-order valence-corrected chi connectivity index (χ4v) is 10.3. The van der Waals surface area contributed by atoms with Crippen LogP contribution in [0.5, 0.6) is 0 Å². The Bertz CT molecular complexity index is 744. The molecule has 0 aromatic rings. The number of hydrogen-bond acceptors (Lipinski definition) is 4. The summed E-state index contributed by atoms with van der Waals surface area (Å²) in [7, 11) is -2.96. The molecule has 5 aliphatic rings. The van der Waals surface area contributed by atoms with Crippen molar-refractivity contribution in [2.75, 3.05) is 11.5 Å². The van der Waals surface area contributed by atoms with Crippen molar-refractivity contribution < 1.29 is 13.2 Å². The number of rotatable bonds is 4. The number of fused-ring (bicyclic) bond motifs is 3. The minimum atomic E-state index is -2.96. The molecule has 0 spiro atoms. The first-order valence-corrected chi connectivity index (χ1v) is 13.5. The predicted octanol–water partition coefficient (Wildman–Crippen LogP) is 3.24. The van der Waals surface area contributed by atoms with Crippen molar-refractivity contribution in [2.45, 2.75) is 81.5 Å². The van der Waals surface area contributed by atoms with Crippen LogP contribution in [0.4, 0.5) is 0 Å². The third-order valence-electron chi connectivity index (χ3n) is 7.63. The second-order valence-electron chi connectivity index (χ2n) is 9.43. The number of carbonyl (C=O) groups excluding carboxylic acids is 1. The van der Waals surface area contributed by atoms with Gasteiger partial charge in [-0.15, -0.1) is 0 Å². The van der Waals surface area contributed by atoms with E-state index in [2.05, 4.69) is 9.89 Å². The molecule has 5 fully saturated rings. The molecule has 0 N–H and O–H groups in total. The lowest BCUT2D eigenvalue weighted by Gasteiger charge is -2.36. The Morgan fingerprint density at radius 3 is 2.59 bits per heavy atom. The predicted molar refractivity (Wildman–Crippen MR) is 109 cm³/mol. The smallest absolute Gasteiger partial charge is 0.248 e. The highest BCUT2D eigenvalue weighted by Gasteiger charge is 2.54. The molecule has 1 amide bonds. The van der Waals surface area contributed by atoms with Crippen molar-refractivity contribution in [1.82, 2.24) is 4.90 Å². The zero-order chi connectivity index (χ0) is 18.6. The van der Waals surface area contributed by atoms with Crippen molar-refractivity contribution in [3.05, 3.63) is 0 Å². The van der Waals surface area contributed by atoms with Crippen LogP contribution in [0.15, 0.2) is 4.99 Å². The number of aliphatic imine (C=N–C) groups is 1. The molecule has 0 aromatic carbocycles. The maximum absolute atomic E-state index is 12.6. The van der Waals surface area contributed by atoms with Crippen LogP contribution in [-0.2, 0) is 14.6 Å². The molecule has 7 heteroatoms. The molecule has 0 aromatic heterocycles. The average Bonchev–Trinajstić information content (AvgIpc) is 3.39. The highest BCUT2D eigenvalue weighted by Crippen LogP contribution is 2.51. The van der Waals surface area contributed by atoms with Crippen LogP contribution in [0.1, 0.15) is 64.2 Å². The second kappa shape index (κ2) is 7.05. The quantitative estimate of drug-likeness (QED) is 0.712. The molecule has 2 heterocycles. The molecular weight excluding hydrogens is 380 g/mol. The van der Waals surface area contributed by atoms with E-state index in [0.29, 0.717) is 24.3 Å². The van der Waals surface area contributed by atoms with Crippen LogP contribution in [0, 0.1) is 17.8 Å². The summed E-state index contributed by atoms with van der Waals surface area (Å²) in [4.78, 5) is 19.4. The topological polar surface area (TPSA) is 66.8 Å². The number of amidine groups is 1. The van der Waals surface area contributed by atoms with E-state index in [1.54, 1.807) is 11.8 Å². The standard InChI is InChI=1S/C20H30N2O3S2/c23-19(8-6-13-3-1-2-4-13)21-20-22(16-10-14-5-7-15(16)9-14)17-11-27(24,25)12-18(17)26-20/h13-18H,1-12H2/t14-,15-,16-,17-,18+/m0/s1. The van der Waals surface area contributed by atoms with Crippen LogP contribution < -0.4 is 0 Å². The molecule has 2 bridgehead atoms. The van der Waals surface area contributed by atoms with Gasteiger partial charge in [0.15, 0.2) is 15.0 Å². The molecule has 2 saturated heterocycles. The van der Waals surface area contributed by atoms with Crippen LogP contribution in [-0.4, -0.2) is 53.2 Å². The largest absolute Gasteiger partial charge is 0.343 e. The lowest BCUT2D eigenvalue weighted by atomic mass is 9.93. The van der Waals surface area contributed by atoms with E-state index in [-0.39, 0.29) is 28.7 Å². The van der Waals surface area contributed by atoms with Gasteiger partial charge in [0.1, 0.15) is 0 Å². The number of sulfone groups is 1. The van der Waals surface area contributed by atoms with Crippen LogP contribution >= 0.6 is 11.8 Å². The maximum Gasteiger partial charge on any atom is 0.248 e. The molecule has 27 heavy (non-hydrogen) atoms. The Morgan fingerprint density at radius 2 is 1.89 bits per heavy atom. The molecule has 3 aliphatic carbocycles. The van der Waals surface area contributed by atoms with Gasteiger partial charge in [0.05, 0.1) is 17.5 Å². The Morgan fingerprint density at radius 1 is 1.07 bits per heavy atom. The van der Waals surface area contributed by atoms with Crippen molar-refractivity contribution in [3.63, 3.8) is 0 Å². The molecule has 2 aliphatic heterocycles. The zero-order valence-corrected chi connectivity index (χ0v) is 17.5. The lowest BCUT2D eigenvalue weighted by Crippen LogP contribution is -2.47. The summed E-state index contributed by atoms with van der Waals surface area (Å²) >= 11 is 1.57. The van der Waals surface area contributed by atoms with Crippen molar-refractivity contribution in [3.8, 4) is 0 Å².